The molecule has 0 aliphatic carbocycles. The highest BCUT2D eigenvalue weighted by molar-refractivity contribution is 9.10. The summed E-state index contributed by atoms with van der Waals surface area (Å²) in [6.07, 6.45) is 4.74. The van der Waals surface area contributed by atoms with Gasteiger partial charge in [-0.1, -0.05) is 0 Å². The monoisotopic (exact) mass is 355 g/mol. The molecular weight excluding hydrogens is 350 g/mol. The number of nitrogens with one attached hydrogen (secondary N) is 1. The number of anilines is 1. The van der Waals surface area contributed by atoms with Crippen LogP contribution in [0, 0.1) is 0 Å². The molecule has 0 radical (unpaired) electrons. The van der Waals surface area contributed by atoms with E-state index >= 15 is 0 Å². The van der Waals surface area contributed by atoms with Crippen molar-refractivity contribution < 1.29 is 4.79 Å². The van der Waals surface area contributed by atoms with E-state index in [0.29, 0.717) is 11.4 Å². The average molecular weight is 357 g/mol. The molecule has 2 aromatic heterocycles. The van der Waals surface area contributed by atoms with Crippen LogP contribution in [0.5, 0.6) is 0 Å². The van der Waals surface area contributed by atoms with Gasteiger partial charge in [-0.25, -0.2) is 4.98 Å². The molecule has 0 unspecified atom stereocenters. The van der Waals surface area contributed by atoms with Gasteiger partial charge in [0.05, 0.1) is 5.56 Å². The Morgan fingerprint density at radius 1 is 1.12 bits per heavy atom. The summed E-state index contributed by atoms with van der Waals surface area (Å²) in [5, 5.41) is 2.68. The number of amides is 1. The lowest BCUT2D eigenvalue weighted by Crippen LogP contribution is -2.13. The Morgan fingerprint density at radius 2 is 1.94 bits per heavy atom. The van der Waals surface area contributed by atoms with Crippen molar-refractivity contribution >= 4 is 43.6 Å². The predicted octanol–water partition coefficient (Wildman–Crippen LogP) is 3.25. The summed E-state index contributed by atoms with van der Waals surface area (Å²) in [5.74, 6) is 0.256. The predicted molar refractivity (Wildman–Crippen MR) is 71.8 cm³/mol. The van der Waals surface area contributed by atoms with E-state index in [0.717, 1.165) is 8.95 Å². The van der Waals surface area contributed by atoms with Crippen LogP contribution in [0.1, 0.15) is 10.4 Å². The molecule has 0 atom stereocenters. The molecule has 86 valence electrons. The molecule has 0 spiro atoms. The van der Waals surface area contributed by atoms with Gasteiger partial charge in [0.15, 0.2) is 0 Å². The fourth-order valence-corrected chi connectivity index (χ4v) is 1.77. The Hall–Kier alpha value is -1.27. The molecule has 0 bridgehead atoms. The van der Waals surface area contributed by atoms with Crippen molar-refractivity contribution in [1.29, 1.82) is 0 Å². The minimum Gasteiger partial charge on any atom is -0.307 e. The number of hydrogen-bond donors (Lipinski definition) is 1. The Labute approximate surface area is 115 Å². The molecule has 4 nitrogen and oxygen atoms in total. The molecule has 0 aliphatic rings. The second kappa shape index (κ2) is 5.37. The van der Waals surface area contributed by atoms with Crippen molar-refractivity contribution in [2.24, 2.45) is 0 Å². The maximum absolute atomic E-state index is 11.8. The third-order valence-electron chi connectivity index (χ3n) is 1.94. The molecule has 0 saturated heterocycles. The summed E-state index contributed by atoms with van der Waals surface area (Å²) >= 11 is 6.54. The summed E-state index contributed by atoms with van der Waals surface area (Å²) < 4.78 is 1.62. The highest BCUT2D eigenvalue weighted by Crippen LogP contribution is 2.13. The van der Waals surface area contributed by atoms with Gasteiger partial charge in [0.1, 0.15) is 5.82 Å². The van der Waals surface area contributed by atoms with E-state index in [9.17, 15) is 4.79 Å². The average Bonchev–Trinajstić information content (AvgIpc) is 2.32. The third kappa shape index (κ3) is 3.34. The highest BCUT2D eigenvalue weighted by Gasteiger charge is 2.07. The number of aromatic nitrogens is 2. The lowest BCUT2D eigenvalue weighted by molar-refractivity contribution is 0.102. The van der Waals surface area contributed by atoms with Crippen LogP contribution in [0.3, 0.4) is 0 Å². The van der Waals surface area contributed by atoms with Crippen LogP contribution in [0.2, 0.25) is 0 Å². The lowest BCUT2D eigenvalue weighted by Gasteiger charge is -2.04. The van der Waals surface area contributed by atoms with Crippen LogP contribution in [0.25, 0.3) is 0 Å². The topological polar surface area (TPSA) is 54.9 Å². The minimum atomic E-state index is -0.242. The number of nitrogens with zero attached hydrogens (tertiary/aromatic N) is 2. The summed E-state index contributed by atoms with van der Waals surface area (Å²) in [5.41, 5.74) is 0.476. The molecule has 0 fully saturated rings. The Morgan fingerprint density at radius 3 is 2.59 bits per heavy atom. The molecule has 1 N–H and O–H groups in total. The number of rotatable bonds is 2. The Balaban J connectivity index is 2.14. The number of carbonyl (C=O) groups excluding carboxylic acids is 1. The number of halogens is 2. The van der Waals surface area contributed by atoms with Crippen LogP contribution < -0.4 is 5.32 Å². The van der Waals surface area contributed by atoms with Gasteiger partial charge in [-0.3, -0.25) is 9.78 Å². The molecule has 1 amide bonds. The van der Waals surface area contributed by atoms with E-state index in [1.807, 2.05) is 6.07 Å². The largest absolute Gasteiger partial charge is 0.307 e. The zero-order valence-electron chi connectivity index (χ0n) is 8.52. The second-order valence-corrected chi connectivity index (χ2v) is 5.04. The van der Waals surface area contributed by atoms with Gasteiger partial charge in [-0.05, 0) is 50.1 Å². The zero-order chi connectivity index (χ0) is 12.3. The van der Waals surface area contributed by atoms with E-state index in [4.69, 9.17) is 0 Å². The Kier molecular flexibility index (Phi) is 3.86. The van der Waals surface area contributed by atoms with Crippen LogP contribution in [0.4, 0.5) is 5.82 Å². The van der Waals surface area contributed by atoms with Gasteiger partial charge < -0.3 is 5.32 Å². The number of hydrogen-bond acceptors (Lipinski definition) is 3. The molecule has 17 heavy (non-hydrogen) atoms. The normalized spacial score (nSPS) is 10.0. The molecule has 6 heteroatoms. The summed E-state index contributed by atoms with van der Waals surface area (Å²) in [6, 6.07) is 5.22. The van der Waals surface area contributed by atoms with E-state index < -0.39 is 0 Å². The van der Waals surface area contributed by atoms with Crippen molar-refractivity contribution in [2.75, 3.05) is 5.32 Å². The fourth-order valence-electron chi connectivity index (χ4n) is 1.17. The van der Waals surface area contributed by atoms with Crippen LogP contribution in [0.15, 0.2) is 45.7 Å². The van der Waals surface area contributed by atoms with Gasteiger partial charge in [0.25, 0.3) is 5.91 Å². The lowest BCUT2D eigenvalue weighted by atomic mass is 10.3. The molecule has 2 rings (SSSR count). The fraction of sp³-hybridized carbons (Fsp3) is 0. The highest BCUT2D eigenvalue weighted by atomic mass is 79.9. The van der Waals surface area contributed by atoms with E-state index in [-0.39, 0.29) is 5.91 Å². The summed E-state index contributed by atoms with van der Waals surface area (Å²) in [6.45, 7) is 0. The quantitative estimate of drug-likeness (QED) is 0.898. The van der Waals surface area contributed by atoms with Crippen molar-refractivity contribution in [3.63, 3.8) is 0 Å². The zero-order valence-corrected chi connectivity index (χ0v) is 11.7. The van der Waals surface area contributed by atoms with Crippen LogP contribution in [-0.4, -0.2) is 15.9 Å². The van der Waals surface area contributed by atoms with E-state index in [2.05, 4.69) is 47.1 Å². The first-order valence-electron chi connectivity index (χ1n) is 4.68. The van der Waals surface area contributed by atoms with Crippen LogP contribution in [-0.2, 0) is 0 Å². The van der Waals surface area contributed by atoms with Gasteiger partial charge in [0.2, 0.25) is 0 Å². The molecule has 0 aliphatic heterocycles. The summed E-state index contributed by atoms with van der Waals surface area (Å²) in [7, 11) is 0. The van der Waals surface area contributed by atoms with Crippen molar-refractivity contribution in [3.8, 4) is 0 Å². The molecule has 0 saturated carbocycles. The maximum Gasteiger partial charge on any atom is 0.258 e. The first-order valence-corrected chi connectivity index (χ1v) is 6.27. The first-order chi connectivity index (χ1) is 8.15. The minimum absolute atomic E-state index is 0.242. The van der Waals surface area contributed by atoms with Crippen molar-refractivity contribution in [1.82, 2.24) is 9.97 Å². The van der Waals surface area contributed by atoms with Crippen molar-refractivity contribution in [3.05, 3.63) is 51.3 Å². The second-order valence-electron chi connectivity index (χ2n) is 3.21. The van der Waals surface area contributed by atoms with Crippen LogP contribution >= 0.6 is 31.9 Å². The first kappa shape index (κ1) is 12.2. The van der Waals surface area contributed by atoms with Crippen molar-refractivity contribution in [2.45, 2.75) is 0 Å². The van der Waals surface area contributed by atoms with Gasteiger partial charge in [-0.2, -0.15) is 0 Å². The SMILES string of the molecule is O=C(Nc1ccc(Br)cn1)c1cncc(Br)c1. The van der Waals surface area contributed by atoms with Gasteiger partial charge in [0, 0.05) is 27.5 Å². The molecular formula is C11H7Br2N3O. The Bertz CT molecular complexity index is 543. The molecule has 0 aromatic carbocycles. The standard InChI is InChI=1S/C11H7Br2N3O/c12-8-1-2-10(15-6-8)16-11(17)7-3-9(13)5-14-4-7/h1-6H,(H,15,16,17). The number of pyridine rings is 2. The van der Waals surface area contributed by atoms with Gasteiger partial charge >= 0.3 is 0 Å². The van der Waals surface area contributed by atoms with E-state index in [1.165, 1.54) is 6.20 Å². The smallest absolute Gasteiger partial charge is 0.258 e. The van der Waals surface area contributed by atoms with E-state index in [1.54, 1.807) is 24.5 Å². The molecule has 2 heterocycles. The number of carbonyl (C=O) groups is 1. The van der Waals surface area contributed by atoms with Gasteiger partial charge in [-0.15, -0.1) is 0 Å². The summed E-state index contributed by atoms with van der Waals surface area (Å²) in [4.78, 5) is 19.8. The third-order valence-corrected chi connectivity index (χ3v) is 2.84. The maximum atomic E-state index is 11.8. The molecule has 2 aromatic rings.